The summed E-state index contributed by atoms with van der Waals surface area (Å²) in [5.41, 5.74) is 8.11. The maximum atomic E-state index is 6.29. The van der Waals surface area contributed by atoms with Crippen LogP contribution in [0, 0.1) is 0 Å². The largest absolute Gasteiger partial charge is 0.394 e. The number of ether oxygens (including phenoxy) is 1. The van der Waals surface area contributed by atoms with E-state index < -0.39 is 0 Å². The van der Waals surface area contributed by atoms with Gasteiger partial charge in [-0.2, -0.15) is 5.10 Å². The van der Waals surface area contributed by atoms with Gasteiger partial charge in [-0.05, 0) is 25.7 Å². The molecule has 0 aromatic carbocycles. The third kappa shape index (κ3) is 2.86. The van der Waals surface area contributed by atoms with Crippen LogP contribution >= 0.6 is 0 Å². The smallest absolute Gasteiger partial charge is 0.150 e. The zero-order valence-corrected chi connectivity index (χ0v) is 12.5. The average molecular weight is 266 g/mol. The van der Waals surface area contributed by atoms with Crippen LogP contribution in [0.15, 0.2) is 0 Å². The van der Waals surface area contributed by atoms with E-state index in [4.69, 9.17) is 10.5 Å². The summed E-state index contributed by atoms with van der Waals surface area (Å²) in [5.74, 6) is 1.40. The van der Waals surface area contributed by atoms with Gasteiger partial charge in [-0.3, -0.25) is 4.68 Å². The zero-order valence-electron chi connectivity index (χ0n) is 12.5. The van der Waals surface area contributed by atoms with Gasteiger partial charge in [-0.15, -0.1) is 0 Å². The summed E-state index contributed by atoms with van der Waals surface area (Å²) in [4.78, 5) is 2.32. The van der Waals surface area contributed by atoms with E-state index in [-0.39, 0.29) is 0 Å². The molecule has 0 amide bonds. The maximum absolute atomic E-state index is 6.29. The van der Waals surface area contributed by atoms with Crippen molar-refractivity contribution < 1.29 is 4.74 Å². The van der Waals surface area contributed by atoms with Gasteiger partial charge >= 0.3 is 0 Å². The van der Waals surface area contributed by atoms with Crippen molar-refractivity contribution >= 4 is 11.5 Å². The van der Waals surface area contributed by atoms with Crippen molar-refractivity contribution in [1.82, 2.24) is 9.78 Å². The fourth-order valence-electron chi connectivity index (χ4n) is 2.86. The summed E-state index contributed by atoms with van der Waals surface area (Å²) in [6.07, 6.45) is 2.60. The van der Waals surface area contributed by atoms with Gasteiger partial charge in [-0.1, -0.05) is 13.8 Å². The minimum absolute atomic E-state index is 0.315. The second-order valence-electron chi connectivity index (χ2n) is 5.57. The van der Waals surface area contributed by atoms with E-state index in [1.807, 2.05) is 18.7 Å². The van der Waals surface area contributed by atoms with Gasteiger partial charge in [0.1, 0.15) is 0 Å². The number of piperidine rings is 1. The fraction of sp³-hybridized carbons (Fsp3) is 0.786. The molecule has 1 atom stereocenters. The van der Waals surface area contributed by atoms with Crippen LogP contribution in [0.2, 0.25) is 0 Å². The molecule has 5 nitrogen and oxygen atoms in total. The Bertz CT molecular complexity index is 425. The molecule has 1 saturated heterocycles. The van der Waals surface area contributed by atoms with Crippen LogP contribution in [0.5, 0.6) is 0 Å². The van der Waals surface area contributed by atoms with Gasteiger partial charge in [-0.25, -0.2) is 0 Å². The molecule has 19 heavy (non-hydrogen) atoms. The quantitative estimate of drug-likeness (QED) is 0.907. The van der Waals surface area contributed by atoms with Crippen LogP contribution in [0.3, 0.4) is 0 Å². The average Bonchev–Trinajstić information content (AvgIpc) is 2.66. The molecular weight excluding hydrogens is 240 g/mol. The first-order valence-electron chi connectivity index (χ1n) is 7.23. The van der Waals surface area contributed by atoms with Gasteiger partial charge in [0.05, 0.1) is 17.5 Å². The minimum atomic E-state index is 0.315. The van der Waals surface area contributed by atoms with E-state index in [9.17, 15) is 0 Å². The van der Waals surface area contributed by atoms with Gasteiger partial charge < -0.3 is 15.4 Å². The molecule has 1 aromatic rings. The molecule has 1 unspecified atom stereocenters. The van der Waals surface area contributed by atoms with Crippen molar-refractivity contribution in [3.8, 4) is 0 Å². The topological polar surface area (TPSA) is 56.3 Å². The number of aryl methyl sites for hydroxylation is 1. The molecule has 0 bridgehead atoms. The Kier molecular flexibility index (Phi) is 4.34. The Balaban J connectivity index is 2.21. The molecule has 5 heteroatoms. The second-order valence-corrected chi connectivity index (χ2v) is 5.57. The number of hydrogen-bond donors (Lipinski definition) is 1. The lowest BCUT2D eigenvalue weighted by Gasteiger charge is -2.34. The van der Waals surface area contributed by atoms with E-state index in [1.165, 1.54) is 0 Å². The maximum Gasteiger partial charge on any atom is 0.150 e. The van der Waals surface area contributed by atoms with E-state index in [2.05, 4.69) is 23.8 Å². The molecule has 0 saturated carbocycles. The Morgan fingerprint density at radius 2 is 2.21 bits per heavy atom. The van der Waals surface area contributed by atoms with Crippen LogP contribution in [0.25, 0.3) is 0 Å². The monoisotopic (exact) mass is 266 g/mol. The van der Waals surface area contributed by atoms with Gasteiger partial charge in [0.25, 0.3) is 0 Å². The van der Waals surface area contributed by atoms with Gasteiger partial charge in [0.2, 0.25) is 0 Å². The Hall–Kier alpha value is -1.23. The highest BCUT2D eigenvalue weighted by molar-refractivity contribution is 5.67. The summed E-state index contributed by atoms with van der Waals surface area (Å²) in [5, 5.41) is 4.57. The number of nitrogen functional groups attached to an aromatic ring is 1. The SMILES string of the molecule is CCOC1CCCN(c2c(N)c(C(C)C)nn2C)C1. The fourth-order valence-corrected chi connectivity index (χ4v) is 2.86. The molecule has 0 radical (unpaired) electrons. The molecule has 2 rings (SSSR count). The van der Waals surface area contributed by atoms with Crippen LogP contribution in [0.4, 0.5) is 11.5 Å². The summed E-state index contributed by atoms with van der Waals surface area (Å²) >= 11 is 0. The number of nitrogens with zero attached hydrogens (tertiary/aromatic N) is 3. The summed E-state index contributed by atoms with van der Waals surface area (Å²) in [7, 11) is 1.97. The molecule has 2 N–H and O–H groups in total. The standard InChI is InChI=1S/C14H26N4O/c1-5-19-11-7-6-8-18(9-11)14-12(15)13(10(2)3)16-17(14)4/h10-11H,5-9,15H2,1-4H3. The minimum Gasteiger partial charge on any atom is -0.394 e. The van der Waals surface area contributed by atoms with Crippen molar-refractivity contribution in [1.29, 1.82) is 0 Å². The predicted octanol–water partition coefficient (Wildman–Crippen LogP) is 2.13. The van der Waals surface area contributed by atoms with Crippen LogP contribution < -0.4 is 10.6 Å². The first-order valence-corrected chi connectivity index (χ1v) is 7.23. The Morgan fingerprint density at radius 1 is 1.47 bits per heavy atom. The van der Waals surface area contributed by atoms with Crippen molar-refractivity contribution in [2.24, 2.45) is 7.05 Å². The van der Waals surface area contributed by atoms with E-state index >= 15 is 0 Å². The highest BCUT2D eigenvalue weighted by Crippen LogP contribution is 2.32. The summed E-state index contributed by atoms with van der Waals surface area (Å²) < 4.78 is 7.67. The van der Waals surface area contributed by atoms with Crippen molar-refractivity contribution in [2.45, 2.75) is 45.6 Å². The first-order chi connectivity index (χ1) is 9.04. The predicted molar refractivity (Wildman–Crippen MR) is 78.6 cm³/mol. The Labute approximate surface area is 115 Å². The second kappa shape index (κ2) is 5.82. The lowest BCUT2D eigenvalue weighted by Crippen LogP contribution is -2.41. The van der Waals surface area contributed by atoms with Gasteiger partial charge in [0.15, 0.2) is 5.82 Å². The highest BCUT2D eigenvalue weighted by atomic mass is 16.5. The molecular formula is C14H26N4O. The summed E-state index contributed by atoms with van der Waals surface area (Å²) in [6, 6.07) is 0. The van der Waals surface area contributed by atoms with E-state index in [1.54, 1.807) is 0 Å². The molecule has 1 aliphatic rings. The van der Waals surface area contributed by atoms with Crippen molar-refractivity contribution in [2.75, 3.05) is 30.3 Å². The number of rotatable bonds is 4. The zero-order chi connectivity index (χ0) is 14.0. The van der Waals surface area contributed by atoms with Gasteiger partial charge in [0, 0.05) is 26.7 Å². The molecule has 1 fully saturated rings. The lowest BCUT2D eigenvalue weighted by molar-refractivity contribution is 0.0524. The third-order valence-electron chi connectivity index (χ3n) is 3.71. The number of nitrogens with two attached hydrogens (primary N) is 1. The normalized spacial score (nSPS) is 20.3. The molecule has 1 aliphatic heterocycles. The molecule has 2 heterocycles. The number of aromatic nitrogens is 2. The van der Waals surface area contributed by atoms with Crippen LogP contribution in [-0.4, -0.2) is 35.6 Å². The summed E-state index contributed by atoms with van der Waals surface area (Å²) in [6.45, 7) is 9.02. The van der Waals surface area contributed by atoms with Crippen molar-refractivity contribution in [3.63, 3.8) is 0 Å². The first kappa shape index (κ1) is 14.2. The highest BCUT2D eigenvalue weighted by Gasteiger charge is 2.26. The number of anilines is 2. The molecule has 0 aliphatic carbocycles. The lowest BCUT2D eigenvalue weighted by atomic mass is 10.1. The molecule has 1 aromatic heterocycles. The van der Waals surface area contributed by atoms with E-state index in [0.29, 0.717) is 12.0 Å². The molecule has 108 valence electrons. The van der Waals surface area contributed by atoms with E-state index in [0.717, 1.165) is 49.7 Å². The number of hydrogen-bond acceptors (Lipinski definition) is 4. The third-order valence-corrected chi connectivity index (χ3v) is 3.71. The molecule has 0 spiro atoms. The van der Waals surface area contributed by atoms with Crippen molar-refractivity contribution in [3.05, 3.63) is 5.69 Å². The van der Waals surface area contributed by atoms with Crippen LogP contribution in [0.1, 0.15) is 45.2 Å². The Morgan fingerprint density at radius 3 is 2.79 bits per heavy atom. The van der Waals surface area contributed by atoms with Crippen LogP contribution in [-0.2, 0) is 11.8 Å².